The molecule has 0 amide bonds. The molecule has 0 aliphatic heterocycles. The van der Waals surface area contributed by atoms with E-state index in [9.17, 15) is 4.39 Å². The number of phenolic OH excluding ortho intramolecular Hbond substituents is 1. The predicted molar refractivity (Wildman–Crippen MR) is 39.8 cm³/mol. The van der Waals surface area contributed by atoms with Crippen molar-refractivity contribution in [3.05, 3.63) is 30.1 Å². The standard InChI is InChI=1S/C6H5FO.C2H4O/c7-5-1-3-6(8)4-2-5;1-2-3/h1-4,8H;2H,1H3. The topological polar surface area (TPSA) is 37.3 Å². The first-order valence-electron chi connectivity index (χ1n) is 3.05. The minimum absolute atomic E-state index is 0.0893. The maximum absolute atomic E-state index is 12.0. The monoisotopic (exact) mass is 156 g/mol. The molecule has 0 unspecified atom stereocenters. The van der Waals surface area contributed by atoms with E-state index in [1.807, 2.05) is 0 Å². The van der Waals surface area contributed by atoms with E-state index in [1.54, 1.807) is 0 Å². The van der Waals surface area contributed by atoms with E-state index >= 15 is 0 Å². The predicted octanol–water partition coefficient (Wildman–Crippen LogP) is 1.74. The van der Waals surface area contributed by atoms with Crippen molar-refractivity contribution in [2.24, 2.45) is 0 Å². The molecule has 0 spiro atoms. The molecule has 2 nitrogen and oxygen atoms in total. The number of aldehydes is 1. The van der Waals surface area contributed by atoms with Gasteiger partial charge in [-0.3, -0.25) is 0 Å². The van der Waals surface area contributed by atoms with Gasteiger partial charge in [0, 0.05) is 0 Å². The summed E-state index contributed by atoms with van der Waals surface area (Å²) in [7, 11) is 0. The molecular weight excluding hydrogens is 147 g/mol. The van der Waals surface area contributed by atoms with Gasteiger partial charge in [0.1, 0.15) is 17.9 Å². The number of halogens is 1. The minimum Gasteiger partial charge on any atom is -0.508 e. The number of phenols is 1. The molecule has 0 aliphatic rings. The lowest BCUT2D eigenvalue weighted by atomic mass is 10.3. The molecule has 0 aromatic heterocycles. The normalized spacial score (nSPS) is 7.82. The van der Waals surface area contributed by atoms with Crippen LogP contribution in [0, 0.1) is 5.82 Å². The molecule has 0 bridgehead atoms. The highest BCUT2D eigenvalue weighted by atomic mass is 19.1. The summed E-state index contributed by atoms with van der Waals surface area (Å²) >= 11 is 0. The third-order valence-corrected chi connectivity index (χ3v) is 0.827. The lowest BCUT2D eigenvalue weighted by molar-refractivity contribution is -0.106. The van der Waals surface area contributed by atoms with Crippen LogP contribution in [-0.2, 0) is 4.79 Å². The van der Waals surface area contributed by atoms with Crippen molar-refractivity contribution >= 4 is 6.29 Å². The highest BCUT2D eigenvalue weighted by Gasteiger charge is 1.85. The van der Waals surface area contributed by atoms with Gasteiger partial charge in [-0.15, -0.1) is 0 Å². The fourth-order valence-corrected chi connectivity index (χ4v) is 0.441. The van der Waals surface area contributed by atoms with Gasteiger partial charge in [0.05, 0.1) is 0 Å². The van der Waals surface area contributed by atoms with E-state index in [1.165, 1.54) is 31.2 Å². The molecule has 1 N–H and O–H groups in total. The molecule has 0 saturated carbocycles. The van der Waals surface area contributed by atoms with Gasteiger partial charge in [0.25, 0.3) is 0 Å². The van der Waals surface area contributed by atoms with Crippen molar-refractivity contribution in [1.29, 1.82) is 0 Å². The average molecular weight is 156 g/mol. The van der Waals surface area contributed by atoms with Crippen LogP contribution < -0.4 is 0 Å². The molecule has 1 rings (SSSR count). The molecule has 1 aromatic rings. The van der Waals surface area contributed by atoms with Crippen LogP contribution in [0.3, 0.4) is 0 Å². The van der Waals surface area contributed by atoms with Gasteiger partial charge in [-0.25, -0.2) is 4.39 Å². The Labute approximate surface area is 64.3 Å². The maximum atomic E-state index is 12.0. The van der Waals surface area contributed by atoms with E-state index in [0.717, 1.165) is 6.29 Å². The van der Waals surface area contributed by atoms with Gasteiger partial charge in [-0.2, -0.15) is 0 Å². The average Bonchev–Trinajstić information content (AvgIpc) is 1.97. The molecular formula is C8H9FO2. The molecule has 0 heterocycles. The summed E-state index contributed by atoms with van der Waals surface area (Å²) < 4.78 is 12.0. The van der Waals surface area contributed by atoms with E-state index in [0.29, 0.717) is 0 Å². The molecule has 0 saturated heterocycles. The van der Waals surface area contributed by atoms with Crippen LogP contribution in [0.4, 0.5) is 4.39 Å². The van der Waals surface area contributed by atoms with Gasteiger partial charge in [-0.1, -0.05) is 0 Å². The zero-order valence-corrected chi connectivity index (χ0v) is 6.12. The number of hydrogen-bond acceptors (Lipinski definition) is 2. The summed E-state index contributed by atoms with van der Waals surface area (Å²) in [6.45, 7) is 1.44. The van der Waals surface area contributed by atoms with E-state index in [-0.39, 0.29) is 11.6 Å². The van der Waals surface area contributed by atoms with Crippen LogP contribution in [0.1, 0.15) is 6.92 Å². The Bertz CT molecular complexity index is 185. The van der Waals surface area contributed by atoms with Crippen molar-refractivity contribution in [3.8, 4) is 5.75 Å². The smallest absolute Gasteiger partial charge is 0.123 e. The first-order chi connectivity index (χ1) is 5.20. The fourth-order valence-electron chi connectivity index (χ4n) is 0.441. The summed E-state index contributed by atoms with van der Waals surface area (Å²) in [6, 6.07) is 5.01. The second-order valence-electron chi connectivity index (χ2n) is 1.71. The maximum Gasteiger partial charge on any atom is 0.123 e. The summed E-state index contributed by atoms with van der Waals surface area (Å²) in [5.74, 6) is -0.241. The molecule has 0 fully saturated rings. The number of hydrogen-bond donors (Lipinski definition) is 1. The first-order valence-corrected chi connectivity index (χ1v) is 3.05. The summed E-state index contributed by atoms with van der Waals surface area (Å²) in [5, 5.41) is 8.59. The van der Waals surface area contributed by atoms with Gasteiger partial charge in [-0.05, 0) is 31.2 Å². The molecule has 0 aliphatic carbocycles. The molecule has 0 atom stereocenters. The largest absolute Gasteiger partial charge is 0.508 e. The van der Waals surface area contributed by atoms with Crippen molar-refractivity contribution in [3.63, 3.8) is 0 Å². The Kier molecular flexibility index (Phi) is 4.73. The van der Waals surface area contributed by atoms with Gasteiger partial charge in [0.2, 0.25) is 0 Å². The number of benzene rings is 1. The SMILES string of the molecule is CC=O.Oc1ccc(F)cc1. The van der Waals surface area contributed by atoms with E-state index in [2.05, 4.69) is 0 Å². The Morgan fingerprint density at radius 2 is 1.73 bits per heavy atom. The molecule has 3 heteroatoms. The van der Waals surface area contributed by atoms with Gasteiger partial charge in [0.15, 0.2) is 0 Å². The number of carbonyl (C=O) groups is 1. The highest BCUT2D eigenvalue weighted by Crippen LogP contribution is 2.06. The van der Waals surface area contributed by atoms with Crippen molar-refractivity contribution < 1.29 is 14.3 Å². The van der Waals surface area contributed by atoms with Crippen molar-refractivity contribution in [2.75, 3.05) is 0 Å². The van der Waals surface area contributed by atoms with Crippen molar-refractivity contribution in [1.82, 2.24) is 0 Å². The van der Waals surface area contributed by atoms with Crippen LogP contribution in [0.5, 0.6) is 5.75 Å². The summed E-state index contributed by atoms with van der Waals surface area (Å²) in [4.78, 5) is 8.81. The van der Waals surface area contributed by atoms with E-state index < -0.39 is 0 Å². The van der Waals surface area contributed by atoms with Gasteiger partial charge >= 0.3 is 0 Å². The Morgan fingerprint density at radius 3 is 2.00 bits per heavy atom. The van der Waals surface area contributed by atoms with Crippen LogP contribution in [0.2, 0.25) is 0 Å². The number of carbonyl (C=O) groups excluding carboxylic acids is 1. The molecule has 60 valence electrons. The third-order valence-electron chi connectivity index (χ3n) is 0.827. The summed E-state index contributed by atoms with van der Waals surface area (Å²) in [5.41, 5.74) is 0. The second-order valence-corrected chi connectivity index (χ2v) is 1.71. The van der Waals surface area contributed by atoms with Crippen LogP contribution in [-0.4, -0.2) is 11.4 Å². The fraction of sp³-hybridized carbons (Fsp3) is 0.125. The summed E-state index contributed by atoms with van der Waals surface area (Å²) in [6.07, 6.45) is 0.750. The molecule has 11 heavy (non-hydrogen) atoms. The molecule has 0 radical (unpaired) electrons. The number of rotatable bonds is 0. The van der Waals surface area contributed by atoms with E-state index in [4.69, 9.17) is 9.90 Å². The van der Waals surface area contributed by atoms with Crippen LogP contribution in [0.25, 0.3) is 0 Å². The van der Waals surface area contributed by atoms with Gasteiger partial charge < -0.3 is 9.90 Å². The Hall–Kier alpha value is -1.38. The minimum atomic E-state index is -0.331. The Balaban J connectivity index is 0.000000292. The lowest BCUT2D eigenvalue weighted by Gasteiger charge is -1.86. The van der Waals surface area contributed by atoms with Crippen LogP contribution in [0.15, 0.2) is 24.3 Å². The second kappa shape index (κ2) is 5.41. The molecule has 1 aromatic carbocycles. The van der Waals surface area contributed by atoms with Crippen LogP contribution >= 0.6 is 0 Å². The highest BCUT2D eigenvalue weighted by molar-refractivity contribution is 5.44. The zero-order valence-electron chi connectivity index (χ0n) is 6.12. The quantitative estimate of drug-likeness (QED) is 0.581. The number of aromatic hydroxyl groups is 1. The lowest BCUT2D eigenvalue weighted by Crippen LogP contribution is -1.67. The first kappa shape index (κ1) is 9.62. The van der Waals surface area contributed by atoms with Crippen molar-refractivity contribution in [2.45, 2.75) is 6.92 Å². The third kappa shape index (κ3) is 5.08. The Morgan fingerprint density at radius 1 is 1.36 bits per heavy atom. The zero-order chi connectivity index (χ0) is 8.69.